The minimum Gasteiger partial charge on any atom is -0.496 e. The number of carboxylic acids is 1. The second kappa shape index (κ2) is 6.97. The third kappa shape index (κ3) is 3.57. The summed E-state index contributed by atoms with van der Waals surface area (Å²) in [5.74, 6) is -0.790. The van der Waals surface area contributed by atoms with Crippen LogP contribution in [0.5, 0.6) is 5.75 Å². The normalized spacial score (nSPS) is 11.5. The van der Waals surface area contributed by atoms with Crippen LogP contribution in [0.4, 0.5) is 0 Å². The average Bonchev–Trinajstić information content (AvgIpc) is 2.53. The molecule has 0 spiro atoms. The molecule has 0 bridgehead atoms. The smallest absolute Gasteiger partial charge is 0.335 e. The number of hydrogen-bond donors (Lipinski definition) is 1. The molecule has 2 rings (SSSR count). The fourth-order valence-corrected chi connectivity index (χ4v) is 2.40. The highest BCUT2D eigenvalue weighted by atomic mass is 35.5. The third-order valence-corrected chi connectivity index (χ3v) is 3.60. The van der Waals surface area contributed by atoms with Crippen molar-refractivity contribution in [2.45, 2.75) is 12.3 Å². The molecule has 0 aromatic heterocycles. The van der Waals surface area contributed by atoms with Gasteiger partial charge in [0, 0.05) is 10.6 Å². The third-order valence-electron chi connectivity index (χ3n) is 3.36. The molecule has 112 valence electrons. The van der Waals surface area contributed by atoms with Crippen molar-refractivity contribution in [3.05, 3.63) is 64.2 Å². The van der Waals surface area contributed by atoms with Crippen molar-refractivity contribution >= 4 is 17.6 Å². The van der Waals surface area contributed by atoms with Crippen LogP contribution in [-0.2, 0) is 6.42 Å². The van der Waals surface area contributed by atoms with Gasteiger partial charge in [-0.3, -0.25) is 0 Å². The predicted molar refractivity (Wildman–Crippen MR) is 83.5 cm³/mol. The molecule has 1 atom stereocenters. The van der Waals surface area contributed by atoms with E-state index in [0.29, 0.717) is 17.2 Å². The summed E-state index contributed by atoms with van der Waals surface area (Å²) in [6, 6.07) is 13.9. The van der Waals surface area contributed by atoms with Crippen LogP contribution in [0.3, 0.4) is 0 Å². The van der Waals surface area contributed by atoms with Crippen molar-refractivity contribution < 1.29 is 14.6 Å². The molecule has 0 aliphatic heterocycles. The zero-order valence-corrected chi connectivity index (χ0v) is 12.7. The first-order chi connectivity index (χ1) is 10.5. The summed E-state index contributed by atoms with van der Waals surface area (Å²) in [5, 5.41) is 18.9. The highest BCUT2D eigenvalue weighted by Gasteiger charge is 2.17. The number of methoxy groups -OCH3 is 1. The van der Waals surface area contributed by atoms with Gasteiger partial charge >= 0.3 is 5.97 Å². The van der Waals surface area contributed by atoms with Crippen LogP contribution in [0, 0.1) is 11.3 Å². The van der Waals surface area contributed by atoms with E-state index >= 15 is 0 Å². The van der Waals surface area contributed by atoms with Gasteiger partial charge in [0.2, 0.25) is 0 Å². The molecule has 0 radical (unpaired) electrons. The molecule has 2 aromatic carbocycles. The van der Waals surface area contributed by atoms with E-state index in [-0.39, 0.29) is 5.56 Å². The summed E-state index contributed by atoms with van der Waals surface area (Å²) >= 11 is 6.00. The van der Waals surface area contributed by atoms with Gasteiger partial charge in [-0.2, -0.15) is 5.26 Å². The van der Waals surface area contributed by atoms with Crippen LogP contribution < -0.4 is 4.74 Å². The van der Waals surface area contributed by atoms with Gasteiger partial charge in [0.25, 0.3) is 0 Å². The Hall–Kier alpha value is -2.51. The minimum atomic E-state index is -0.972. The number of halogens is 1. The maximum Gasteiger partial charge on any atom is 0.335 e. The Bertz CT molecular complexity index is 720. The number of carboxylic acid groups (broad SMARTS) is 1. The van der Waals surface area contributed by atoms with Gasteiger partial charge in [0.1, 0.15) is 5.75 Å². The SMILES string of the molecule is COc1ccc(Cl)cc1C(C#N)Cc1ccc(C(=O)O)cc1. The molecule has 0 amide bonds. The number of nitrogens with zero attached hydrogens (tertiary/aromatic N) is 1. The first-order valence-corrected chi connectivity index (χ1v) is 6.98. The van der Waals surface area contributed by atoms with E-state index < -0.39 is 11.9 Å². The minimum absolute atomic E-state index is 0.220. The second-order valence-electron chi connectivity index (χ2n) is 4.77. The largest absolute Gasteiger partial charge is 0.496 e. The first-order valence-electron chi connectivity index (χ1n) is 6.60. The standard InChI is InChI=1S/C17H14ClNO3/c1-22-16-7-6-14(18)9-15(16)13(10-19)8-11-2-4-12(5-3-11)17(20)21/h2-7,9,13H,8H2,1H3,(H,20,21). The van der Waals surface area contributed by atoms with Crippen molar-refractivity contribution in [1.82, 2.24) is 0 Å². The van der Waals surface area contributed by atoms with Crippen LogP contribution in [0.25, 0.3) is 0 Å². The van der Waals surface area contributed by atoms with Crippen LogP contribution in [0.1, 0.15) is 27.4 Å². The molecule has 1 unspecified atom stereocenters. The molecule has 22 heavy (non-hydrogen) atoms. The number of aromatic carboxylic acids is 1. The van der Waals surface area contributed by atoms with Crippen molar-refractivity contribution in [3.63, 3.8) is 0 Å². The molecule has 0 saturated heterocycles. The number of hydrogen-bond acceptors (Lipinski definition) is 3. The number of benzene rings is 2. The topological polar surface area (TPSA) is 70.3 Å². The fraction of sp³-hybridized carbons (Fsp3) is 0.176. The average molecular weight is 316 g/mol. The number of rotatable bonds is 5. The second-order valence-corrected chi connectivity index (χ2v) is 5.21. The van der Waals surface area contributed by atoms with E-state index in [2.05, 4.69) is 6.07 Å². The van der Waals surface area contributed by atoms with E-state index in [1.165, 1.54) is 12.1 Å². The van der Waals surface area contributed by atoms with Crippen LogP contribution in [0.15, 0.2) is 42.5 Å². The summed E-state index contributed by atoms with van der Waals surface area (Å²) in [7, 11) is 1.54. The van der Waals surface area contributed by atoms with Gasteiger partial charge in [0.15, 0.2) is 0 Å². The van der Waals surface area contributed by atoms with Crippen molar-refractivity contribution in [2.75, 3.05) is 7.11 Å². The van der Waals surface area contributed by atoms with E-state index in [4.69, 9.17) is 21.4 Å². The van der Waals surface area contributed by atoms with E-state index in [9.17, 15) is 10.1 Å². The van der Waals surface area contributed by atoms with Crippen molar-refractivity contribution in [3.8, 4) is 11.8 Å². The zero-order valence-electron chi connectivity index (χ0n) is 11.9. The maximum absolute atomic E-state index is 10.8. The molecule has 0 aliphatic rings. The van der Waals surface area contributed by atoms with E-state index in [1.54, 1.807) is 37.4 Å². The molecule has 0 saturated carbocycles. The van der Waals surface area contributed by atoms with E-state index in [1.807, 2.05) is 0 Å². The van der Waals surface area contributed by atoms with Gasteiger partial charge in [0.05, 0.1) is 24.7 Å². The Morgan fingerprint density at radius 1 is 1.32 bits per heavy atom. The molecule has 0 fully saturated rings. The lowest BCUT2D eigenvalue weighted by atomic mass is 9.92. The summed E-state index contributed by atoms with van der Waals surface area (Å²) in [4.78, 5) is 10.8. The van der Waals surface area contributed by atoms with Gasteiger partial charge in [-0.1, -0.05) is 23.7 Å². The van der Waals surface area contributed by atoms with Crippen LogP contribution in [-0.4, -0.2) is 18.2 Å². The van der Waals surface area contributed by atoms with Gasteiger partial charge in [-0.25, -0.2) is 4.79 Å². The van der Waals surface area contributed by atoms with Gasteiger partial charge in [-0.15, -0.1) is 0 Å². The lowest BCUT2D eigenvalue weighted by Gasteiger charge is -2.14. The molecule has 2 aromatic rings. The Balaban J connectivity index is 2.28. The Labute approximate surface area is 133 Å². The molecular formula is C17H14ClNO3. The Kier molecular flexibility index (Phi) is 5.03. The van der Waals surface area contributed by atoms with Gasteiger partial charge in [-0.05, 0) is 42.3 Å². The van der Waals surface area contributed by atoms with Crippen molar-refractivity contribution in [1.29, 1.82) is 5.26 Å². The lowest BCUT2D eigenvalue weighted by molar-refractivity contribution is 0.0697. The monoisotopic (exact) mass is 315 g/mol. The molecule has 0 aliphatic carbocycles. The summed E-state index contributed by atoms with van der Waals surface area (Å²) in [5.41, 5.74) is 1.82. The summed E-state index contributed by atoms with van der Waals surface area (Å²) < 4.78 is 5.28. The number of carbonyl (C=O) groups is 1. The highest BCUT2D eigenvalue weighted by Crippen LogP contribution is 2.31. The summed E-state index contributed by atoms with van der Waals surface area (Å²) in [6.07, 6.45) is 0.451. The zero-order chi connectivity index (χ0) is 16.1. The van der Waals surface area contributed by atoms with Crippen LogP contribution >= 0.6 is 11.6 Å². The molecule has 0 heterocycles. The van der Waals surface area contributed by atoms with Gasteiger partial charge < -0.3 is 9.84 Å². The molecular weight excluding hydrogens is 302 g/mol. The lowest BCUT2D eigenvalue weighted by Crippen LogP contribution is -2.04. The molecule has 5 heteroatoms. The maximum atomic E-state index is 10.8. The molecule has 1 N–H and O–H groups in total. The summed E-state index contributed by atoms with van der Waals surface area (Å²) in [6.45, 7) is 0. The van der Waals surface area contributed by atoms with E-state index in [0.717, 1.165) is 11.1 Å². The number of nitriles is 1. The van der Waals surface area contributed by atoms with Crippen LogP contribution in [0.2, 0.25) is 5.02 Å². The fourth-order valence-electron chi connectivity index (χ4n) is 2.22. The number of ether oxygens (including phenoxy) is 1. The Morgan fingerprint density at radius 2 is 2.00 bits per heavy atom. The van der Waals surface area contributed by atoms with Crippen molar-refractivity contribution in [2.24, 2.45) is 0 Å². The Morgan fingerprint density at radius 3 is 2.55 bits per heavy atom. The first kappa shape index (κ1) is 15.9. The quantitative estimate of drug-likeness (QED) is 0.908. The predicted octanol–water partition coefficient (Wildman–Crippen LogP) is 3.90. The molecule has 4 nitrogen and oxygen atoms in total. The highest BCUT2D eigenvalue weighted by molar-refractivity contribution is 6.30.